The van der Waals surface area contributed by atoms with Crippen molar-refractivity contribution < 1.29 is 9.21 Å². The molecule has 76 valence electrons. The zero-order chi connectivity index (χ0) is 10.6. The van der Waals surface area contributed by atoms with E-state index in [1.807, 2.05) is 0 Å². The van der Waals surface area contributed by atoms with Crippen molar-refractivity contribution in [1.29, 1.82) is 0 Å². The third-order valence-corrected chi connectivity index (χ3v) is 4.09. The molecule has 1 aromatic heterocycles. The van der Waals surface area contributed by atoms with Gasteiger partial charge in [-0.3, -0.25) is 4.79 Å². The van der Waals surface area contributed by atoms with Gasteiger partial charge in [-0.25, -0.2) is 0 Å². The van der Waals surface area contributed by atoms with E-state index in [9.17, 15) is 4.79 Å². The molecule has 0 spiro atoms. The average Bonchev–Trinajstić information content (AvgIpc) is 2.53. The molecule has 0 aromatic carbocycles. The number of furan rings is 1. The number of ketones is 1. The summed E-state index contributed by atoms with van der Waals surface area (Å²) in [6.07, 6.45) is 3.09. The molecule has 2 heteroatoms. The summed E-state index contributed by atoms with van der Waals surface area (Å²) < 4.78 is 4.93. The number of hydrogen-bond donors (Lipinski definition) is 0. The second-order valence-electron chi connectivity index (χ2n) is 5.25. The summed E-state index contributed by atoms with van der Waals surface area (Å²) >= 11 is 0. The first kappa shape index (κ1) is 9.50. The molecule has 1 fully saturated rings. The van der Waals surface area contributed by atoms with E-state index < -0.39 is 0 Å². The molecule has 0 unspecified atom stereocenters. The van der Waals surface area contributed by atoms with Crippen LogP contribution in [0.15, 0.2) is 23.0 Å². The van der Waals surface area contributed by atoms with E-state index in [2.05, 4.69) is 27.7 Å². The number of Topliss-reactive ketones (excluding diaryl/α,β-unsaturated/α-hetero) is 1. The van der Waals surface area contributed by atoms with Crippen molar-refractivity contribution in [2.75, 3.05) is 0 Å². The zero-order valence-corrected chi connectivity index (χ0v) is 9.13. The van der Waals surface area contributed by atoms with Gasteiger partial charge in [0.2, 0.25) is 0 Å². The van der Waals surface area contributed by atoms with Crippen molar-refractivity contribution in [3.8, 4) is 0 Å². The largest absolute Gasteiger partial charge is 0.472 e. The Morgan fingerprint density at radius 2 is 1.86 bits per heavy atom. The van der Waals surface area contributed by atoms with Gasteiger partial charge in [-0.05, 0) is 16.9 Å². The first-order valence-corrected chi connectivity index (χ1v) is 4.95. The Bertz CT molecular complexity index is 344. The number of carbonyl (C=O) groups is 1. The topological polar surface area (TPSA) is 30.2 Å². The lowest BCUT2D eigenvalue weighted by Gasteiger charge is -2.03. The van der Waals surface area contributed by atoms with Crippen molar-refractivity contribution in [3.05, 3.63) is 24.2 Å². The molecule has 0 aliphatic heterocycles. The molecule has 0 amide bonds. The van der Waals surface area contributed by atoms with Crippen LogP contribution in [0.25, 0.3) is 0 Å². The van der Waals surface area contributed by atoms with Gasteiger partial charge in [0.25, 0.3) is 0 Å². The minimum Gasteiger partial charge on any atom is -0.472 e. The van der Waals surface area contributed by atoms with Crippen LogP contribution in [0.1, 0.15) is 38.1 Å². The molecule has 1 aliphatic rings. The standard InChI is InChI=1S/C12H16O2/c1-11(2)10(12(11,3)4)9(13)8-5-6-14-7-8/h5-7,10H,1-4H3. The second kappa shape index (κ2) is 2.50. The fraction of sp³-hybridized carbons (Fsp3) is 0.583. The van der Waals surface area contributed by atoms with Crippen LogP contribution in [0.4, 0.5) is 0 Å². The highest BCUT2D eigenvalue weighted by Crippen LogP contribution is 2.69. The molecule has 14 heavy (non-hydrogen) atoms. The molecule has 1 heterocycles. The maximum Gasteiger partial charge on any atom is 0.170 e. The van der Waals surface area contributed by atoms with Gasteiger partial charge in [-0.2, -0.15) is 0 Å². The lowest BCUT2D eigenvalue weighted by Crippen LogP contribution is -2.05. The van der Waals surface area contributed by atoms with Gasteiger partial charge in [0.1, 0.15) is 6.26 Å². The molecule has 0 saturated heterocycles. The van der Waals surface area contributed by atoms with Gasteiger partial charge in [0, 0.05) is 5.92 Å². The van der Waals surface area contributed by atoms with E-state index in [0.29, 0.717) is 5.56 Å². The van der Waals surface area contributed by atoms with E-state index in [-0.39, 0.29) is 22.5 Å². The van der Waals surface area contributed by atoms with E-state index in [1.54, 1.807) is 12.3 Å². The summed E-state index contributed by atoms with van der Waals surface area (Å²) in [7, 11) is 0. The predicted molar refractivity (Wildman–Crippen MR) is 54.1 cm³/mol. The normalized spacial score (nSPS) is 23.4. The number of rotatable bonds is 2. The van der Waals surface area contributed by atoms with Crippen LogP contribution in [-0.2, 0) is 0 Å². The van der Waals surface area contributed by atoms with Crippen molar-refractivity contribution in [2.24, 2.45) is 16.7 Å². The minimum atomic E-state index is 0.112. The average molecular weight is 192 g/mol. The molecular weight excluding hydrogens is 176 g/mol. The summed E-state index contributed by atoms with van der Waals surface area (Å²) in [4.78, 5) is 12.0. The molecule has 0 radical (unpaired) electrons. The minimum absolute atomic E-state index is 0.112. The second-order valence-corrected chi connectivity index (χ2v) is 5.25. The molecule has 1 saturated carbocycles. The molecule has 1 aromatic rings. The predicted octanol–water partition coefficient (Wildman–Crippen LogP) is 3.14. The lowest BCUT2D eigenvalue weighted by atomic mass is 10.0. The molecule has 1 aliphatic carbocycles. The van der Waals surface area contributed by atoms with Crippen molar-refractivity contribution in [1.82, 2.24) is 0 Å². The van der Waals surface area contributed by atoms with Crippen molar-refractivity contribution in [3.63, 3.8) is 0 Å². The van der Waals surface area contributed by atoms with Crippen molar-refractivity contribution in [2.45, 2.75) is 27.7 Å². The number of hydrogen-bond acceptors (Lipinski definition) is 2. The van der Waals surface area contributed by atoms with Gasteiger partial charge < -0.3 is 4.42 Å². The Morgan fingerprint density at radius 1 is 1.29 bits per heavy atom. The summed E-state index contributed by atoms with van der Waals surface area (Å²) in [5, 5.41) is 0. The van der Waals surface area contributed by atoms with Crippen LogP contribution in [0.3, 0.4) is 0 Å². The third-order valence-electron chi connectivity index (χ3n) is 4.09. The maximum absolute atomic E-state index is 12.0. The zero-order valence-electron chi connectivity index (χ0n) is 9.13. The van der Waals surface area contributed by atoms with Gasteiger partial charge >= 0.3 is 0 Å². The first-order chi connectivity index (χ1) is 6.39. The fourth-order valence-electron chi connectivity index (χ4n) is 2.42. The van der Waals surface area contributed by atoms with Gasteiger partial charge in [0.15, 0.2) is 5.78 Å². The summed E-state index contributed by atoms with van der Waals surface area (Å²) in [6, 6.07) is 1.74. The van der Waals surface area contributed by atoms with Crippen molar-refractivity contribution >= 4 is 5.78 Å². The maximum atomic E-state index is 12.0. The van der Waals surface area contributed by atoms with E-state index in [1.165, 1.54) is 6.26 Å². The summed E-state index contributed by atoms with van der Waals surface area (Å²) in [5.41, 5.74) is 0.927. The Kier molecular flexibility index (Phi) is 1.70. The van der Waals surface area contributed by atoms with E-state index in [0.717, 1.165) is 0 Å². The lowest BCUT2D eigenvalue weighted by molar-refractivity contribution is 0.0944. The molecule has 0 N–H and O–H groups in total. The smallest absolute Gasteiger partial charge is 0.170 e. The molecule has 2 rings (SSSR count). The highest BCUT2D eigenvalue weighted by atomic mass is 16.3. The van der Waals surface area contributed by atoms with Gasteiger partial charge in [0.05, 0.1) is 11.8 Å². The van der Waals surface area contributed by atoms with Crippen LogP contribution >= 0.6 is 0 Å². The molecule has 0 atom stereocenters. The molecular formula is C12H16O2. The number of carbonyl (C=O) groups excluding carboxylic acids is 1. The van der Waals surface area contributed by atoms with Crippen LogP contribution in [0.2, 0.25) is 0 Å². The Labute approximate surface area is 84.3 Å². The molecule has 2 nitrogen and oxygen atoms in total. The third kappa shape index (κ3) is 0.999. The van der Waals surface area contributed by atoms with Crippen LogP contribution in [0.5, 0.6) is 0 Å². The van der Waals surface area contributed by atoms with Crippen LogP contribution < -0.4 is 0 Å². The quantitative estimate of drug-likeness (QED) is 0.674. The van der Waals surface area contributed by atoms with E-state index >= 15 is 0 Å². The Morgan fingerprint density at radius 3 is 2.21 bits per heavy atom. The molecule has 0 bridgehead atoms. The first-order valence-electron chi connectivity index (χ1n) is 4.95. The Balaban J connectivity index is 2.25. The van der Waals surface area contributed by atoms with Crippen LogP contribution in [-0.4, -0.2) is 5.78 Å². The summed E-state index contributed by atoms with van der Waals surface area (Å²) in [6.45, 7) is 8.59. The SMILES string of the molecule is CC1(C)C(C(=O)c2ccoc2)C1(C)C. The van der Waals surface area contributed by atoms with Gasteiger partial charge in [-0.1, -0.05) is 27.7 Å². The Hall–Kier alpha value is -1.05. The summed E-state index contributed by atoms with van der Waals surface area (Å²) in [5.74, 6) is 0.348. The fourth-order valence-corrected chi connectivity index (χ4v) is 2.42. The van der Waals surface area contributed by atoms with Crippen LogP contribution in [0, 0.1) is 16.7 Å². The monoisotopic (exact) mass is 192 g/mol. The van der Waals surface area contributed by atoms with E-state index in [4.69, 9.17) is 4.42 Å². The highest BCUT2D eigenvalue weighted by molar-refractivity contribution is 6.00. The van der Waals surface area contributed by atoms with Gasteiger partial charge in [-0.15, -0.1) is 0 Å². The highest BCUT2D eigenvalue weighted by Gasteiger charge is 2.67.